The van der Waals surface area contributed by atoms with E-state index in [0.29, 0.717) is 16.0 Å². The first kappa shape index (κ1) is 34.2. The van der Waals surface area contributed by atoms with E-state index in [1.54, 1.807) is 11.8 Å². The fraction of sp³-hybridized carbons (Fsp3) is 0.441. The molecule has 5 nitrogen and oxygen atoms in total. The zero-order chi connectivity index (χ0) is 29.5. The number of nitrogens with zero attached hydrogens (tertiary/aromatic N) is 2. The Morgan fingerprint density at radius 3 is 2.29 bits per heavy atom. The molecule has 8 heteroatoms. The highest BCUT2D eigenvalue weighted by Gasteiger charge is 2.29. The van der Waals surface area contributed by atoms with Crippen LogP contribution in [0.25, 0.3) is 0 Å². The van der Waals surface area contributed by atoms with Crippen molar-refractivity contribution in [1.29, 1.82) is 0 Å². The van der Waals surface area contributed by atoms with Crippen molar-refractivity contribution >= 4 is 47.2 Å². The molecule has 42 heavy (non-hydrogen) atoms. The van der Waals surface area contributed by atoms with Gasteiger partial charge < -0.3 is 14.7 Å². The Balaban J connectivity index is 0.00000484. The normalized spacial score (nSPS) is 14.9. The van der Waals surface area contributed by atoms with Gasteiger partial charge in [-0.3, -0.25) is 9.69 Å². The smallest absolute Gasteiger partial charge is 0.223 e. The minimum atomic E-state index is -0.596. The highest BCUT2D eigenvalue weighted by molar-refractivity contribution is 6.42. The Kier molecular flexibility index (Phi) is 13.0. The second kappa shape index (κ2) is 16.0. The Labute approximate surface area is 267 Å². The van der Waals surface area contributed by atoms with Crippen LogP contribution in [0.2, 0.25) is 10.0 Å². The minimum Gasteiger partial charge on any atom is -0.490 e. The molecule has 1 N–H and O–H groups in total. The number of piperidine rings is 1. The van der Waals surface area contributed by atoms with E-state index in [-0.39, 0.29) is 24.4 Å². The van der Waals surface area contributed by atoms with Crippen LogP contribution in [0.1, 0.15) is 80.9 Å². The molecule has 1 aliphatic rings. The van der Waals surface area contributed by atoms with E-state index < -0.39 is 6.23 Å². The van der Waals surface area contributed by atoms with E-state index in [1.807, 2.05) is 55.6 Å². The molecule has 0 bridgehead atoms. The average Bonchev–Trinajstić information content (AvgIpc) is 2.97. The van der Waals surface area contributed by atoms with Gasteiger partial charge in [-0.2, -0.15) is 0 Å². The molecular formula is C34H43Cl3N2O3. The lowest BCUT2D eigenvalue weighted by Gasteiger charge is -2.36. The summed E-state index contributed by atoms with van der Waals surface area (Å²) in [6.07, 6.45) is 4.88. The van der Waals surface area contributed by atoms with Crippen molar-refractivity contribution in [3.8, 4) is 5.75 Å². The lowest BCUT2D eigenvalue weighted by molar-refractivity contribution is -0.116. The zero-order valence-corrected chi connectivity index (χ0v) is 27.3. The third kappa shape index (κ3) is 8.64. The zero-order valence-electron chi connectivity index (χ0n) is 25.0. The molecule has 1 aliphatic heterocycles. The first-order chi connectivity index (χ1) is 19.7. The van der Waals surface area contributed by atoms with Gasteiger partial charge in [0.15, 0.2) is 0 Å². The topological polar surface area (TPSA) is 53.0 Å². The van der Waals surface area contributed by atoms with Gasteiger partial charge >= 0.3 is 0 Å². The molecule has 3 aromatic carbocycles. The summed E-state index contributed by atoms with van der Waals surface area (Å²) in [5.74, 6) is 1.23. The second-order valence-electron chi connectivity index (χ2n) is 11.3. The predicted octanol–water partition coefficient (Wildman–Crippen LogP) is 8.62. The van der Waals surface area contributed by atoms with Crippen LogP contribution in [0.4, 0.5) is 5.69 Å². The number of halogens is 3. The molecule has 0 spiro atoms. The molecule has 1 fully saturated rings. The monoisotopic (exact) mass is 632 g/mol. The standard InChI is InChI=1S/C34H42Cl2N2O3.ClH/c1-23(2)41-33-28(26-18-20-38(21-19-26)34(40)27-11-6-5-7-12-27)15-17-32(37(4)24(3)39)29(33)13-9-8-10-25-14-16-30(35)31(36)22-25;/h5-7,11-12,14-17,22-23,26,34,40H,8-10,13,18-21H2,1-4H3;1H. The van der Waals surface area contributed by atoms with Gasteiger partial charge in [-0.05, 0) is 93.2 Å². The van der Waals surface area contributed by atoms with Crippen LogP contribution in [0.3, 0.4) is 0 Å². The number of carbonyl (C=O) groups excluding carboxylic acids is 1. The number of anilines is 1. The van der Waals surface area contributed by atoms with Crippen molar-refractivity contribution in [1.82, 2.24) is 4.90 Å². The lowest BCUT2D eigenvalue weighted by Crippen LogP contribution is -2.36. The number of aliphatic hydroxyl groups excluding tert-OH is 1. The van der Waals surface area contributed by atoms with Crippen molar-refractivity contribution < 1.29 is 14.6 Å². The average molecular weight is 634 g/mol. The summed E-state index contributed by atoms with van der Waals surface area (Å²) < 4.78 is 6.56. The summed E-state index contributed by atoms with van der Waals surface area (Å²) >= 11 is 12.3. The summed E-state index contributed by atoms with van der Waals surface area (Å²) in [5, 5.41) is 12.1. The molecule has 1 atom stereocenters. The van der Waals surface area contributed by atoms with Crippen molar-refractivity contribution in [3.05, 3.63) is 93.0 Å². The number of benzene rings is 3. The molecule has 0 aliphatic carbocycles. The van der Waals surface area contributed by atoms with Gasteiger partial charge in [-0.25, -0.2) is 0 Å². The van der Waals surface area contributed by atoms with E-state index >= 15 is 0 Å². The van der Waals surface area contributed by atoms with E-state index in [2.05, 4.69) is 30.9 Å². The van der Waals surface area contributed by atoms with Gasteiger partial charge in [0, 0.05) is 32.6 Å². The van der Waals surface area contributed by atoms with Gasteiger partial charge in [0.25, 0.3) is 0 Å². The summed E-state index contributed by atoms with van der Waals surface area (Å²) in [6.45, 7) is 7.31. The third-order valence-electron chi connectivity index (χ3n) is 7.99. The van der Waals surface area contributed by atoms with Crippen molar-refractivity contribution in [3.63, 3.8) is 0 Å². The largest absolute Gasteiger partial charge is 0.490 e. The van der Waals surface area contributed by atoms with Crippen LogP contribution >= 0.6 is 35.6 Å². The number of aryl methyl sites for hydroxylation is 1. The summed E-state index contributed by atoms with van der Waals surface area (Å²) in [5.41, 5.74) is 5.29. The Morgan fingerprint density at radius 1 is 1.00 bits per heavy atom. The number of rotatable bonds is 11. The summed E-state index contributed by atoms with van der Waals surface area (Å²) in [6, 6.07) is 19.9. The van der Waals surface area contributed by atoms with Crippen LogP contribution < -0.4 is 9.64 Å². The molecule has 1 heterocycles. The summed E-state index contributed by atoms with van der Waals surface area (Å²) in [4.78, 5) is 16.3. The first-order valence-electron chi connectivity index (χ1n) is 14.6. The molecular weight excluding hydrogens is 591 g/mol. The molecule has 1 unspecified atom stereocenters. The summed E-state index contributed by atoms with van der Waals surface area (Å²) in [7, 11) is 1.83. The number of likely N-dealkylation sites (tertiary alicyclic amines) is 1. The fourth-order valence-corrected chi connectivity index (χ4v) is 6.00. The van der Waals surface area contributed by atoms with E-state index in [4.69, 9.17) is 27.9 Å². The highest BCUT2D eigenvalue weighted by atomic mass is 35.5. The van der Waals surface area contributed by atoms with E-state index in [9.17, 15) is 9.90 Å². The van der Waals surface area contributed by atoms with Gasteiger partial charge in [0.2, 0.25) is 5.91 Å². The highest BCUT2D eigenvalue weighted by Crippen LogP contribution is 2.42. The second-order valence-corrected chi connectivity index (χ2v) is 12.1. The molecule has 1 saturated heterocycles. The van der Waals surface area contributed by atoms with E-state index in [0.717, 1.165) is 79.7 Å². The number of amides is 1. The molecule has 1 amide bonds. The maximum absolute atomic E-state index is 12.4. The van der Waals surface area contributed by atoms with Crippen LogP contribution in [0, 0.1) is 0 Å². The quantitative estimate of drug-likeness (QED) is 0.215. The first-order valence-corrected chi connectivity index (χ1v) is 15.4. The predicted molar refractivity (Wildman–Crippen MR) is 177 cm³/mol. The molecule has 228 valence electrons. The van der Waals surface area contributed by atoms with Gasteiger partial charge in [-0.15, -0.1) is 12.4 Å². The van der Waals surface area contributed by atoms with Crippen molar-refractivity contribution in [2.75, 3.05) is 25.0 Å². The Morgan fingerprint density at radius 2 is 1.67 bits per heavy atom. The minimum absolute atomic E-state index is 0. The van der Waals surface area contributed by atoms with Crippen LogP contribution in [0.5, 0.6) is 5.75 Å². The lowest BCUT2D eigenvalue weighted by atomic mass is 9.86. The molecule has 0 radical (unpaired) electrons. The van der Waals surface area contributed by atoms with E-state index in [1.165, 1.54) is 5.56 Å². The molecule has 3 aromatic rings. The number of unbranched alkanes of at least 4 members (excludes halogenated alkanes) is 1. The van der Waals surface area contributed by atoms with Crippen molar-refractivity contribution in [2.24, 2.45) is 0 Å². The van der Waals surface area contributed by atoms with Gasteiger partial charge in [0.1, 0.15) is 12.0 Å². The third-order valence-corrected chi connectivity index (χ3v) is 8.73. The molecule has 0 aromatic heterocycles. The number of hydrogen-bond acceptors (Lipinski definition) is 4. The van der Waals surface area contributed by atoms with Crippen molar-refractivity contribution in [2.45, 2.75) is 77.5 Å². The fourth-order valence-electron chi connectivity index (χ4n) is 5.67. The van der Waals surface area contributed by atoms with Crippen LogP contribution in [-0.2, 0) is 17.6 Å². The van der Waals surface area contributed by atoms with Gasteiger partial charge in [0.05, 0.1) is 21.8 Å². The number of carbonyl (C=O) groups is 1. The Bertz CT molecular complexity index is 1310. The maximum atomic E-state index is 12.4. The van der Waals surface area contributed by atoms with Gasteiger partial charge in [-0.1, -0.05) is 65.7 Å². The number of aliphatic hydroxyl groups is 1. The number of ether oxygens (including phenoxy) is 1. The molecule has 4 rings (SSSR count). The Hall–Kier alpha value is -2.28. The van der Waals surface area contributed by atoms with Crippen LogP contribution in [0.15, 0.2) is 60.7 Å². The number of hydrogen-bond donors (Lipinski definition) is 1. The maximum Gasteiger partial charge on any atom is 0.223 e. The molecule has 0 saturated carbocycles. The van der Waals surface area contributed by atoms with Crippen LogP contribution in [-0.4, -0.2) is 42.2 Å². The SMILES string of the molecule is CC(=O)N(C)c1ccc(C2CCN(C(O)c3ccccc3)CC2)c(OC(C)C)c1CCCCc1ccc(Cl)c(Cl)c1.Cl.